The summed E-state index contributed by atoms with van der Waals surface area (Å²) in [6.07, 6.45) is 1.82. The Morgan fingerprint density at radius 1 is 1.16 bits per heavy atom. The molecule has 0 spiro atoms. The number of carboxylic acid groups (broad SMARTS) is 1. The zero-order chi connectivity index (χ0) is 26.0. The summed E-state index contributed by atoms with van der Waals surface area (Å²) >= 11 is 0. The molecule has 4 rings (SSSR count). The van der Waals surface area contributed by atoms with Crippen LogP contribution in [0.3, 0.4) is 0 Å². The second-order valence-corrected chi connectivity index (χ2v) is 8.41. The summed E-state index contributed by atoms with van der Waals surface area (Å²) in [5.74, 6) is -0.931. The smallest absolute Gasteiger partial charge is 0.408 e. The highest BCUT2D eigenvalue weighted by Crippen LogP contribution is 2.15. The molecule has 37 heavy (non-hydrogen) atoms. The van der Waals surface area contributed by atoms with E-state index in [1.807, 2.05) is 16.9 Å². The van der Waals surface area contributed by atoms with Crippen molar-refractivity contribution in [3.05, 3.63) is 65.9 Å². The minimum atomic E-state index is -1.35. The maximum Gasteiger partial charge on any atom is 0.408 e. The van der Waals surface area contributed by atoms with Crippen molar-refractivity contribution in [1.29, 1.82) is 0 Å². The molecule has 1 aliphatic rings. The Labute approximate surface area is 213 Å². The van der Waals surface area contributed by atoms with Crippen molar-refractivity contribution in [3.8, 4) is 0 Å². The number of alkyl carbamates (subject to hydrolysis) is 1. The van der Waals surface area contributed by atoms with Crippen LogP contribution in [0.2, 0.25) is 0 Å². The number of fused-ring (bicyclic) bond motifs is 1. The fourth-order valence-electron chi connectivity index (χ4n) is 3.70. The van der Waals surface area contributed by atoms with Gasteiger partial charge in [0.05, 0.1) is 12.1 Å². The Morgan fingerprint density at radius 3 is 2.76 bits per heavy atom. The molecule has 0 radical (unpaired) electrons. The average Bonchev–Trinajstić information content (AvgIpc) is 3.57. The molecule has 0 fully saturated rings. The molecule has 0 bridgehead atoms. The predicted octanol–water partition coefficient (Wildman–Crippen LogP) is 1.08. The molecule has 0 saturated heterocycles. The molecule has 2 aromatic carbocycles. The number of carbonyl (C=O) groups is 3. The molecule has 1 atom stereocenters. The number of hydrogen-bond acceptors (Lipinski definition) is 8. The Morgan fingerprint density at radius 2 is 2.00 bits per heavy atom. The topological polar surface area (TPSA) is 159 Å². The molecule has 12 nitrogen and oxygen atoms in total. The van der Waals surface area contributed by atoms with E-state index >= 15 is 0 Å². The number of rotatable bonds is 11. The monoisotopic (exact) mass is 507 g/mol. The van der Waals surface area contributed by atoms with Gasteiger partial charge in [-0.05, 0) is 30.2 Å². The van der Waals surface area contributed by atoms with Crippen LogP contribution in [0.15, 0.2) is 59.7 Å². The van der Waals surface area contributed by atoms with Crippen molar-refractivity contribution in [3.63, 3.8) is 0 Å². The van der Waals surface area contributed by atoms with Crippen molar-refractivity contribution >= 4 is 34.8 Å². The second-order valence-electron chi connectivity index (χ2n) is 8.41. The highest BCUT2D eigenvalue weighted by Gasteiger charge is 2.22. The summed E-state index contributed by atoms with van der Waals surface area (Å²) in [5, 5.41) is 26.0. The van der Waals surface area contributed by atoms with Crippen molar-refractivity contribution in [2.75, 3.05) is 26.2 Å². The molecule has 0 saturated carbocycles. The number of guanidine groups is 1. The number of nitrogens with one attached hydrogen (secondary N) is 4. The third-order valence-electron chi connectivity index (χ3n) is 5.61. The fourth-order valence-corrected chi connectivity index (χ4v) is 3.70. The number of benzene rings is 2. The number of carboxylic acids is 1. The quantitative estimate of drug-likeness (QED) is 0.241. The van der Waals surface area contributed by atoms with Gasteiger partial charge in [0.15, 0.2) is 5.96 Å². The van der Waals surface area contributed by atoms with Gasteiger partial charge in [0, 0.05) is 43.3 Å². The van der Waals surface area contributed by atoms with Crippen molar-refractivity contribution < 1.29 is 24.2 Å². The Hall–Kier alpha value is -4.61. The van der Waals surface area contributed by atoms with Gasteiger partial charge < -0.3 is 31.1 Å². The fraction of sp³-hybridized carbons (Fsp3) is 0.320. The molecule has 2 amide bonds. The van der Waals surface area contributed by atoms with E-state index in [2.05, 4.69) is 31.4 Å². The van der Waals surface area contributed by atoms with Gasteiger partial charge >= 0.3 is 12.1 Å². The van der Waals surface area contributed by atoms with Gasteiger partial charge in [-0.2, -0.15) is 5.10 Å². The molecular formula is C25H29N7O5. The maximum atomic E-state index is 12.7. The number of aryl methyl sites for hydroxylation is 1. The van der Waals surface area contributed by atoms with Crippen LogP contribution in [-0.4, -0.2) is 71.0 Å². The van der Waals surface area contributed by atoms with Crippen molar-refractivity contribution in [2.24, 2.45) is 4.99 Å². The summed E-state index contributed by atoms with van der Waals surface area (Å²) in [7, 11) is 0. The Bertz CT molecular complexity index is 1270. The number of hydrogen-bond donors (Lipinski definition) is 5. The van der Waals surface area contributed by atoms with E-state index in [1.54, 1.807) is 42.5 Å². The number of carbonyl (C=O) groups excluding carboxylic acids is 2. The molecule has 0 unspecified atom stereocenters. The first-order valence-corrected chi connectivity index (χ1v) is 12.0. The van der Waals surface area contributed by atoms with Crippen LogP contribution in [0.4, 0.5) is 4.79 Å². The lowest BCUT2D eigenvalue weighted by Crippen LogP contribution is -2.48. The predicted molar refractivity (Wildman–Crippen MR) is 136 cm³/mol. The molecule has 3 aromatic rings. The summed E-state index contributed by atoms with van der Waals surface area (Å²) in [4.78, 5) is 40.5. The van der Waals surface area contributed by atoms with Gasteiger partial charge in [0.1, 0.15) is 12.6 Å². The number of nitrogens with zero attached hydrogens (tertiary/aromatic N) is 3. The first-order valence-electron chi connectivity index (χ1n) is 12.0. The van der Waals surface area contributed by atoms with Gasteiger partial charge in [-0.25, -0.2) is 9.59 Å². The minimum absolute atomic E-state index is 0.00206. The molecule has 1 aromatic heterocycles. The first kappa shape index (κ1) is 25.5. The van der Waals surface area contributed by atoms with E-state index in [-0.39, 0.29) is 13.2 Å². The van der Waals surface area contributed by atoms with Crippen LogP contribution < -0.4 is 21.3 Å². The van der Waals surface area contributed by atoms with Gasteiger partial charge in [-0.15, -0.1) is 0 Å². The van der Waals surface area contributed by atoms with Crippen LogP contribution in [0.25, 0.3) is 10.9 Å². The maximum absolute atomic E-state index is 12.7. The number of aliphatic imine (C=N–C) groups is 1. The standard InChI is InChI=1S/C25H29N7O5/c33-22(29-14-21(23(34)35)30-25(36)37-16-17-5-2-1-3-6-17)18-7-8-20-19(13-18)15-32(31-20)12-4-9-26-24-27-10-11-28-24/h1-3,5-8,13,15,21H,4,9-12,14,16H2,(H,29,33)(H,30,36)(H,34,35)(H2,26,27,28)/t21-/m0/s1. The molecular weight excluding hydrogens is 478 g/mol. The number of aliphatic carboxylic acids is 1. The van der Waals surface area contributed by atoms with E-state index in [0.717, 1.165) is 48.5 Å². The van der Waals surface area contributed by atoms with Gasteiger partial charge in [0.2, 0.25) is 0 Å². The van der Waals surface area contributed by atoms with Crippen molar-refractivity contribution in [2.45, 2.75) is 25.6 Å². The van der Waals surface area contributed by atoms with Crippen LogP contribution in [0, 0.1) is 0 Å². The van der Waals surface area contributed by atoms with E-state index in [0.29, 0.717) is 12.1 Å². The SMILES string of the molecule is O=C(N[C@@H](CNC(=O)c1ccc2nn(CCCNC3=NCCN3)cc2c1)C(=O)O)OCc1ccccc1. The molecule has 194 valence electrons. The van der Waals surface area contributed by atoms with Crippen LogP contribution in [0.1, 0.15) is 22.3 Å². The lowest BCUT2D eigenvalue weighted by Gasteiger charge is -2.15. The average molecular weight is 508 g/mol. The summed E-state index contributed by atoms with van der Waals surface area (Å²) in [6, 6.07) is 12.7. The normalized spacial score (nSPS) is 13.4. The lowest BCUT2D eigenvalue weighted by atomic mass is 10.1. The summed E-state index contributed by atoms with van der Waals surface area (Å²) in [6.45, 7) is 2.80. The van der Waals surface area contributed by atoms with E-state index in [9.17, 15) is 19.5 Å². The third kappa shape index (κ3) is 7.43. The number of ether oxygens (including phenoxy) is 1. The Kier molecular flexibility index (Phi) is 8.53. The third-order valence-corrected chi connectivity index (χ3v) is 5.61. The van der Waals surface area contributed by atoms with Gasteiger partial charge in [0.25, 0.3) is 5.91 Å². The highest BCUT2D eigenvalue weighted by atomic mass is 16.5. The minimum Gasteiger partial charge on any atom is -0.480 e. The Balaban J connectivity index is 1.25. The first-order chi connectivity index (χ1) is 18.0. The number of amides is 2. The molecule has 2 heterocycles. The van der Waals surface area contributed by atoms with Gasteiger partial charge in [-0.1, -0.05) is 30.3 Å². The molecule has 12 heteroatoms. The molecule has 1 aliphatic heterocycles. The summed E-state index contributed by atoms with van der Waals surface area (Å²) in [5.41, 5.74) is 1.87. The van der Waals surface area contributed by atoms with Crippen molar-refractivity contribution in [1.82, 2.24) is 31.0 Å². The zero-order valence-corrected chi connectivity index (χ0v) is 20.1. The highest BCUT2D eigenvalue weighted by molar-refractivity contribution is 5.98. The largest absolute Gasteiger partial charge is 0.480 e. The summed E-state index contributed by atoms with van der Waals surface area (Å²) < 4.78 is 6.89. The van der Waals surface area contributed by atoms with Crippen LogP contribution in [-0.2, 0) is 22.7 Å². The van der Waals surface area contributed by atoms with E-state index < -0.39 is 24.0 Å². The van der Waals surface area contributed by atoms with E-state index in [1.165, 1.54) is 0 Å². The van der Waals surface area contributed by atoms with Crippen LogP contribution in [0.5, 0.6) is 0 Å². The zero-order valence-electron chi connectivity index (χ0n) is 20.1. The lowest BCUT2D eigenvalue weighted by molar-refractivity contribution is -0.139. The van der Waals surface area contributed by atoms with Crippen LogP contribution >= 0.6 is 0 Å². The molecule has 5 N–H and O–H groups in total. The molecule has 0 aliphatic carbocycles. The second kappa shape index (κ2) is 12.4. The number of aromatic nitrogens is 2. The van der Waals surface area contributed by atoms with Gasteiger partial charge in [-0.3, -0.25) is 14.5 Å². The van der Waals surface area contributed by atoms with E-state index in [4.69, 9.17) is 4.74 Å².